The van der Waals surface area contributed by atoms with Crippen LogP contribution >= 0.6 is 0 Å². The van der Waals surface area contributed by atoms with Crippen LogP contribution in [0.4, 0.5) is 0 Å². The summed E-state index contributed by atoms with van der Waals surface area (Å²) in [4.78, 5) is 24.2. The van der Waals surface area contributed by atoms with Crippen LogP contribution in [-0.2, 0) is 16.1 Å². The van der Waals surface area contributed by atoms with Gasteiger partial charge in [0.1, 0.15) is 18.1 Å². The van der Waals surface area contributed by atoms with E-state index >= 15 is 0 Å². The van der Waals surface area contributed by atoms with E-state index in [9.17, 15) is 9.59 Å². The van der Waals surface area contributed by atoms with Crippen molar-refractivity contribution in [2.45, 2.75) is 59.8 Å². The first-order valence-electron chi connectivity index (χ1n) is 8.74. The fourth-order valence-corrected chi connectivity index (χ4v) is 2.30. The number of aryl methyl sites for hydroxylation is 2. The summed E-state index contributed by atoms with van der Waals surface area (Å²) in [6.07, 6.45) is -0.882. The Kier molecular flexibility index (Phi) is 6.25. The van der Waals surface area contributed by atoms with Gasteiger partial charge >= 0.3 is 5.97 Å². The summed E-state index contributed by atoms with van der Waals surface area (Å²) in [7, 11) is 0. The van der Waals surface area contributed by atoms with Gasteiger partial charge in [0.15, 0.2) is 6.10 Å². The molecule has 2 aromatic rings. The van der Waals surface area contributed by atoms with Gasteiger partial charge in [0, 0.05) is 5.54 Å². The number of carbonyl (C=O) groups is 2. The molecule has 0 radical (unpaired) electrons. The van der Waals surface area contributed by atoms with E-state index in [1.54, 1.807) is 31.2 Å². The van der Waals surface area contributed by atoms with Crippen LogP contribution in [-0.4, -0.2) is 28.7 Å². The first-order valence-corrected chi connectivity index (χ1v) is 8.74. The maximum absolute atomic E-state index is 12.2. The van der Waals surface area contributed by atoms with Crippen LogP contribution < -0.4 is 10.1 Å². The zero-order valence-electron chi connectivity index (χ0n) is 16.6. The van der Waals surface area contributed by atoms with Crippen molar-refractivity contribution in [3.05, 3.63) is 46.8 Å². The molecule has 0 unspecified atom stereocenters. The van der Waals surface area contributed by atoms with E-state index in [1.165, 1.54) is 0 Å². The summed E-state index contributed by atoms with van der Waals surface area (Å²) in [6, 6.07) is 6.54. The molecule has 0 spiro atoms. The van der Waals surface area contributed by atoms with Gasteiger partial charge in [0.25, 0.3) is 5.91 Å². The number of nitrogens with one attached hydrogen (secondary N) is 1. The highest BCUT2D eigenvalue weighted by molar-refractivity contribution is 5.92. The smallest absolute Gasteiger partial charge is 0.338 e. The Hall–Kier alpha value is -2.83. The minimum Gasteiger partial charge on any atom is -0.489 e. The summed E-state index contributed by atoms with van der Waals surface area (Å²) in [5.41, 5.74) is 1.64. The van der Waals surface area contributed by atoms with E-state index in [1.807, 2.05) is 34.6 Å². The SMILES string of the molecule is Cc1noc(C)c1COc1ccc(C(=O)O[C@H](C)C(=O)NC(C)(C)C)cc1. The highest BCUT2D eigenvalue weighted by Crippen LogP contribution is 2.18. The highest BCUT2D eigenvalue weighted by atomic mass is 16.5. The quantitative estimate of drug-likeness (QED) is 0.780. The van der Waals surface area contributed by atoms with Gasteiger partial charge in [-0.1, -0.05) is 5.16 Å². The molecule has 7 nitrogen and oxygen atoms in total. The maximum Gasteiger partial charge on any atom is 0.338 e. The molecule has 0 aliphatic heterocycles. The van der Waals surface area contributed by atoms with Gasteiger partial charge in [-0.3, -0.25) is 4.79 Å². The van der Waals surface area contributed by atoms with Gasteiger partial charge in [-0.25, -0.2) is 4.79 Å². The molecule has 2 rings (SSSR count). The monoisotopic (exact) mass is 374 g/mol. The maximum atomic E-state index is 12.2. The zero-order valence-corrected chi connectivity index (χ0v) is 16.6. The van der Waals surface area contributed by atoms with Crippen LogP contribution in [0.15, 0.2) is 28.8 Å². The van der Waals surface area contributed by atoms with Gasteiger partial charge in [-0.2, -0.15) is 0 Å². The second kappa shape index (κ2) is 8.24. The molecule has 27 heavy (non-hydrogen) atoms. The van der Waals surface area contributed by atoms with Crippen molar-refractivity contribution < 1.29 is 23.6 Å². The van der Waals surface area contributed by atoms with Crippen LogP contribution in [0.5, 0.6) is 5.75 Å². The Balaban J connectivity index is 1.92. The molecule has 0 aliphatic rings. The molecule has 0 saturated carbocycles. The summed E-state index contributed by atoms with van der Waals surface area (Å²) in [6.45, 7) is 11.1. The fraction of sp³-hybridized carbons (Fsp3) is 0.450. The predicted molar refractivity (Wildman–Crippen MR) is 99.5 cm³/mol. The fourth-order valence-electron chi connectivity index (χ4n) is 2.30. The first-order chi connectivity index (χ1) is 12.6. The largest absolute Gasteiger partial charge is 0.489 e. The number of esters is 1. The molecule has 1 aromatic heterocycles. The van der Waals surface area contributed by atoms with E-state index < -0.39 is 17.6 Å². The number of hydrogen-bond donors (Lipinski definition) is 1. The van der Waals surface area contributed by atoms with Gasteiger partial charge in [0.05, 0.1) is 16.8 Å². The highest BCUT2D eigenvalue weighted by Gasteiger charge is 2.23. The standard InChI is InChI=1S/C20H26N2O5/c1-12-17(13(2)27-22-12)11-25-16-9-7-15(8-10-16)19(24)26-14(3)18(23)21-20(4,5)6/h7-10,14H,11H2,1-6H3,(H,21,23)/t14-/m1/s1. The normalized spacial score (nSPS) is 12.4. The minimum atomic E-state index is -0.882. The molecule has 7 heteroatoms. The van der Waals surface area contributed by atoms with Crippen molar-refractivity contribution in [3.8, 4) is 5.75 Å². The van der Waals surface area contributed by atoms with Crippen LogP contribution in [0.1, 0.15) is 55.1 Å². The van der Waals surface area contributed by atoms with E-state index in [-0.39, 0.29) is 5.91 Å². The van der Waals surface area contributed by atoms with Crippen molar-refractivity contribution in [2.75, 3.05) is 0 Å². The zero-order chi connectivity index (χ0) is 20.2. The third kappa shape index (κ3) is 5.84. The molecule has 1 atom stereocenters. The Morgan fingerprint density at radius 3 is 2.33 bits per heavy atom. The van der Waals surface area contributed by atoms with Crippen molar-refractivity contribution in [3.63, 3.8) is 0 Å². The molecule has 1 heterocycles. The Morgan fingerprint density at radius 2 is 1.81 bits per heavy atom. The van der Waals surface area contributed by atoms with Gasteiger partial charge in [-0.05, 0) is 65.8 Å². The molecular weight excluding hydrogens is 348 g/mol. The van der Waals surface area contributed by atoms with Gasteiger partial charge < -0.3 is 19.3 Å². The lowest BCUT2D eigenvalue weighted by Gasteiger charge is -2.23. The number of aromatic nitrogens is 1. The van der Waals surface area contributed by atoms with Gasteiger partial charge in [0.2, 0.25) is 0 Å². The molecule has 146 valence electrons. The summed E-state index contributed by atoms with van der Waals surface area (Å²) >= 11 is 0. The number of ether oxygens (including phenoxy) is 2. The molecule has 0 saturated heterocycles. The Morgan fingerprint density at radius 1 is 1.19 bits per heavy atom. The second-order valence-electron chi connectivity index (χ2n) is 7.40. The Bertz CT molecular complexity index is 783. The van der Waals surface area contributed by atoms with E-state index in [0.29, 0.717) is 17.9 Å². The summed E-state index contributed by atoms with van der Waals surface area (Å²) in [5.74, 6) is 0.416. The molecule has 0 aliphatic carbocycles. The van der Waals surface area contributed by atoms with E-state index in [0.717, 1.165) is 17.0 Å². The molecule has 0 bridgehead atoms. The first kappa shape index (κ1) is 20.5. The number of benzene rings is 1. The van der Waals surface area contributed by atoms with E-state index in [2.05, 4.69) is 10.5 Å². The number of hydrogen-bond acceptors (Lipinski definition) is 6. The Labute approximate surface area is 159 Å². The number of rotatable bonds is 6. The van der Waals surface area contributed by atoms with Crippen LogP contribution in [0.3, 0.4) is 0 Å². The average Bonchev–Trinajstić information content (AvgIpc) is 2.90. The third-order valence-electron chi connectivity index (χ3n) is 3.81. The van der Waals surface area contributed by atoms with Gasteiger partial charge in [-0.15, -0.1) is 0 Å². The third-order valence-corrected chi connectivity index (χ3v) is 3.81. The lowest BCUT2D eigenvalue weighted by molar-refractivity contribution is -0.130. The molecule has 1 N–H and O–H groups in total. The number of nitrogens with zero attached hydrogens (tertiary/aromatic N) is 1. The van der Waals surface area contributed by atoms with Crippen molar-refractivity contribution in [1.82, 2.24) is 10.5 Å². The van der Waals surface area contributed by atoms with Crippen molar-refractivity contribution >= 4 is 11.9 Å². The van der Waals surface area contributed by atoms with Crippen LogP contribution in [0.25, 0.3) is 0 Å². The predicted octanol–water partition coefficient (Wildman–Crippen LogP) is 3.33. The minimum absolute atomic E-state index is 0.328. The lowest BCUT2D eigenvalue weighted by atomic mass is 10.1. The second-order valence-corrected chi connectivity index (χ2v) is 7.40. The lowest BCUT2D eigenvalue weighted by Crippen LogP contribution is -2.46. The number of amides is 1. The van der Waals surface area contributed by atoms with Crippen molar-refractivity contribution in [2.24, 2.45) is 0 Å². The number of carbonyl (C=O) groups excluding carboxylic acids is 2. The molecule has 1 amide bonds. The summed E-state index contributed by atoms with van der Waals surface area (Å²) in [5, 5.41) is 6.66. The molecule has 1 aromatic carbocycles. The van der Waals surface area contributed by atoms with Crippen LogP contribution in [0.2, 0.25) is 0 Å². The summed E-state index contributed by atoms with van der Waals surface area (Å²) < 4.78 is 16.0. The topological polar surface area (TPSA) is 90.7 Å². The molecular formula is C20H26N2O5. The molecule has 0 fully saturated rings. The van der Waals surface area contributed by atoms with Crippen LogP contribution in [0, 0.1) is 13.8 Å². The average molecular weight is 374 g/mol. The van der Waals surface area contributed by atoms with E-state index in [4.69, 9.17) is 14.0 Å². The van der Waals surface area contributed by atoms with Crippen molar-refractivity contribution in [1.29, 1.82) is 0 Å².